The van der Waals surface area contributed by atoms with Gasteiger partial charge in [-0.2, -0.15) is 0 Å². The first-order chi connectivity index (χ1) is 11.4. The third-order valence-electron chi connectivity index (χ3n) is 3.50. The number of benzene rings is 2. The van der Waals surface area contributed by atoms with Crippen LogP contribution in [0.2, 0.25) is 0 Å². The van der Waals surface area contributed by atoms with Crippen molar-refractivity contribution in [1.82, 2.24) is 0 Å². The molecule has 0 heterocycles. The maximum Gasteiger partial charge on any atom is 0.244 e. The second-order valence-corrected chi connectivity index (χ2v) is 6.14. The van der Waals surface area contributed by atoms with Crippen molar-refractivity contribution in [2.75, 3.05) is 23.9 Å². The molecule has 0 bridgehead atoms. The Labute approximate surface area is 149 Å². The highest BCUT2D eigenvalue weighted by Crippen LogP contribution is 2.27. The van der Waals surface area contributed by atoms with E-state index in [1.54, 1.807) is 24.3 Å². The molecule has 1 N–H and O–H groups in total. The second kappa shape index (κ2) is 7.97. The predicted molar refractivity (Wildman–Crippen MR) is 98.5 cm³/mol. The molecule has 0 saturated carbocycles. The molecule has 2 aromatic carbocycles. The number of halogens is 1. The molecular formula is C18H19BrN2O3. The van der Waals surface area contributed by atoms with Gasteiger partial charge < -0.3 is 10.1 Å². The van der Waals surface area contributed by atoms with Crippen LogP contribution >= 0.6 is 15.9 Å². The topological polar surface area (TPSA) is 58.6 Å². The summed E-state index contributed by atoms with van der Waals surface area (Å²) in [6.07, 6.45) is 0. The molecule has 0 aliphatic carbocycles. The first kappa shape index (κ1) is 18.0. The molecule has 2 amide bonds. The van der Waals surface area contributed by atoms with E-state index in [1.165, 1.54) is 18.9 Å². The molecule has 5 nitrogen and oxygen atoms in total. The van der Waals surface area contributed by atoms with Gasteiger partial charge >= 0.3 is 0 Å². The molecule has 0 atom stereocenters. The van der Waals surface area contributed by atoms with Crippen LogP contribution in [-0.2, 0) is 9.59 Å². The fourth-order valence-electron chi connectivity index (χ4n) is 2.29. The summed E-state index contributed by atoms with van der Waals surface area (Å²) in [7, 11) is 1.53. The summed E-state index contributed by atoms with van der Waals surface area (Å²) in [5.74, 6) is 0.0273. The lowest BCUT2D eigenvalue weighted by molar-refractivity contribution is -0.120. The van der Waals surface area contributed by atoms with Crippen LogP contribution in [0.5, 0.6) is 5.75 Å². The minimum absolute atomic E-state index is 0.0924. The maximum absolute atomic E-state index is 12.3. The zero-order valence-corrected chi connectivity index (χ0v) is 15.4. The fraction of sp³-hybridized carbons (Fsp3) is 0.222. The molecule has 0 fully saturated rings. The normalized spacial score (nSPS) is 10.2. The largest absolute Gasteiger partial charge is 0.495 e. The van der Waals surface area contributed by atoms with Gasteiger partial charge in [-0.3, -0.25) is 14.5 Å². The van der Waals surface area contributed by atoms with Crippen LogP contribution in [0.4, 0.5) is 11.4 Å². The van der Waals surface area contributed by atoms with E-state index >= 15 is 0 Å². The van der Waals surface area contributed by atoms with E-state index in [1.807, 2.05) is 25.1 Å². The Kier molecular flexibility index (Phi) is 5.98. The lowest BCUT2D eigenvalue weighted by atomic mass is 10.2. The standard InChI is InChI=1S/C18H19BrN2O3/c1-12-10-14(8-9-15(12)19)20-18(23)11-21(13(2)22)16-6-4-5-7-17(16)24-3/h4-10H,11H2,1-3H3,(H,20,23). The average molecular weight is 391 g/mol. The Morgan fingerprint density at radius 3 is 2.54 bits per heavy atom. The lowest BCUT2D eigenvalue weighted by Crippen LogP contribution is -2.36. The van der Waals surface area contributed by atoms with Crippen molar-refractivity contribution >= 4 is 39.1 Å². The predicted octanol–water partition coefficient (Wildman–Crippen LogP) is 3.76. The number of nitrogens with zero attached hydrogens (tertiary/aromatic N) is 1. The smallest absolute Gasteiger partial charge is 0.244 e. The van der Waals surface area contributed by atoms with E-state index in [2.05, 4.69) is 21.2 Å². The van der Waals surface area contributed by atoms with Crippen molar-refractivity contribution in [3.63, 3.8) is 0 Å². The monoisotopic (exact) mass is 390 g/mol. The van der Waals surface area contributed by atoms with Gasteiger partial charge in [0.2, 0.25) is 11.8 Å². The molecule has 0 aliphatic rings. The van der Waals surface area contributed by atoms with E-state index < -0.39 is 0 Å². The highest BCUT2D eigenvalue weighted by atomic mass is 79.9. The first-order valence-electron chi connectivity index (χ1n) is 7.39. The number of rotatable bonds is 5. The summed E-state index contributed by atoms with van der Waals surface area (Å²) >= 11 is 3.42. The number of nitrogens with one attached hydrogen (secondary N) is 1. The van der Waals surface area contributed by atoms with Crippen molar-refractivity contribution in [3.8, 4) is 5.75 Å². The average Bonchev–Trinajstić information content (AvgIpc) is 2.56. The molecule has 6 heteroatoms. The van der Waals surface area contributed by atoms with Crippen LogP contribution in [0, 0.1) is 6.92 Å². The zero-order chi connectivity index (χ0) is 17.7. The number of hydrogen-bond donors (Lipinski definition) is 1. The van der Waals surface area contributed by atoms with Crippen LogP contribution < -0.4 is 15.0 Å². The Balaban J connectivity index is 2.17. The Hall–Kier alpha value is -2.34. The van der Waals surface area contributed by atoms with E-state index in [-0.39, 0.29) is 18.4 Å². The molecule has 0 aliphatic heterocycles. The Morgan fingerprint density at radius 1 is 1.21 bits per heavy atom. The van der Waals surface area contributed by atoms with Crippen molar-refractivity contribution in [1.29, 1.82) is 0 Å². The minimum Gasteiger partial charge on any atom is -0.495 e. The Morgan fingerprint density at radius 2 is 1.92 bits per heavy atom. The van der Waals surface area contributed by atoms with Gasteiger partial charge in [0.15, 0.2) is 0 Å². The molecule has 0 radical (unpaired) electrons. The molecular weight excluding hydrogens is 372 g/mol. The van der Waals surface area contributed by atoms with Crippen LogP contribution in [0.25, 0.3) is 0 Å². The quantitative estimate of drug-likeness (QED) is 0.845. The number of ether oxygens (including phenoxy) is 1. The van der Waals surface area contributed by atoms with Gasteiger partial charge in [-0.05, 0) is 42.8 Å². The maximum atomic E-state index is 12.3. The highest BCUT2D eigenvalue weighted by Gasteiger charge is 2.19. The number of hydrogen-bond acceptors (Lipinski definition) is 3. The third kappa shape index (κ3) is 4.35. The van der Waals surface area contributed by atoms with Crippen LogP contribution in [0.15, 0.2) is 46.9 Å². The lowest BCUT2D eigenvalue weighted by Gasteiger charge is -2.22. The SMILES string of the molecule is COc1ccccc1N(CC(=O)Nc1ccc(Br)c(C)c1)C(C)=O. The number of para-hydroxylation sites is 2. The molecule has 0 aromatic heterocycles. The number of anilines is 2. The summed E-state index contributed by atoms with van der Waals surface area (Å²) in [5, 5.41) is 2.81. The summed E-state index contributed by atoms with van der Waals surface area (Å²) in [5.41, 5.74) is 2.26. The van der Waals surface area contributed by atoms with E-state index in [0.29, 0.717) is 17.1 Å². The molecule has 2 aromatic rings. The van der Waals surface area contributed by atoms with Crippen molar-refractivity contribution < 1.29 is 14.3 Å². The molecule has 0 saturated heterocycles. The summed E-state index contributed by atoms with van der Waals surface area (Å²) in [6, 6.07) is 12.6. The van der Waals surface area contributed by atoms with Crippen LogP contribution in [-0.4, -0.2) is 25.5 Å². The van der Waals surface area contributed by atoms with Gasteiger partial charge in [0.05, 0.1) is 12.8 Å². The number of aryl methyl sites for hydroxylation is 1. The molecule has 0 unspecified atom stereocenters. The van der Waals surface area contributed by atoms with E-state index in [4.69, 9.17) is 4.74 Å². The van der Waals surface area contributed by atoms with Crippen LogP contribution in [0.1, 0.15) is 12.5 Å². The molecule has 126 valence electrons. The van der Waals surface area contributed by atoms with E-state index in [9.17, 15) is 9.59 Å². The van der Waals surface area contributed by atoms with E-state index in [0.717, 1.165) is 10.0 Å². The summed E-state index contributed by atoms with van der Waals surface area (Å²) < 4.78 is 6.25. The van der Waals surface area contributed by atoms with Gasteiger partial charge in [-0.25, -0.2) is 0 Å². The van der Waals surface area contributed by atoms with Gasteiger partial charge in [-0.15, -0.1) is 0 Å². The molecule has 0 spiro atoms. The number of carbonyl (C=O) groups is 2. The van der Waals surface area contributed by atoms with Crippen molar-refractivity contribution in [2.24, 2.45) is 0 Å². The minimum atomic E-state index is -0.280. The van der Waals surface area contributed by atoms with Crippen molar-refractivity contribution in [3.05, 3.63) is 52.5 Å². The second-order valence-electron chi connectivity index (χ2n) is 5.29. The molecule has 2 rings (SSSR count). The molecule has 24 heavy (non-hydrogen) atoms. The van der Waals surface area contributed by atoms with Crippen LogP contribution in [0.3, 0.4) is 0 Å². The first-order valence-corrected chi connectivity index (χ1v) is 8.18. The van der Waals surface area contributed by atoms with Gasteiger partial charge in [-0.1, -0.05) is 28.1 Å². The third-order valence-corrected chi connectivity index (χ3v) is 4.39. The number of methoxy groups -OCH3 is 1. The Bertz CT molecular complexity index is 762. The number of carbonyl (C=O) groups excluding carboxylic acids is 2. The zero-order valence-electron chi connectivity index (χ0n) is 13.8. The highest BCUT2D eigenvalue weighted by molar-refractivity contribution is 9.10. The van der Waals surface area contributed by atoms with Gasteiger partial charge in [0.25, 0.3) is 0 Å². The van der Waals surface area contributed by atoms with Crippen molar-refractivity contribution in [2.45, 2.75) is 13.8 Å². The van der Waals surface area contributed by atoms with Gasteiger partial charge in [0.1, 0.15) is 12.3 Å². The number of amides is 2. The summed E-state index contributed by atoms with van der Waals surface area (Å²) in [6.45, 7) is 3.27. The summed E-state index contributed by atoms with van der Waals surface area (Å²) in [4.78, 5) is 25.7. The fourth-order valence-corrected chi connectivity index (χ4v) is 2.53. The van der Waals surface area contributed by atoms with Gasteiger partial charge in [0, 0.05) is 17.1 Å².